The van der Waals surface area contributed by atoms with E-state index in [2.05, 4.69) is 0 Å². The highest BCUT2D eigenvalue weighted by molar-refractivity contribution is 5.58. The fraction of sp³-hybridized carbons (Fsp3) is 0.182. The summed E-state index contributed by atoms with van der Waals surface area (Å²) in [4.78, 5) is 0. The van der Waals surface area contributed by atoms with Crippen LogP contribution in [0.2, 0.25) is 0 Å². The van der Waals surface area contributed by atoms with Crippen molar-refractivity contribution in [2.75, 3.05) is 7.11 Å². The number of nitrogens with zero attached hydrogens (tertiary/aromatic N) is 1. The Hall–Kier alpha value is -1.95. The Kier molecular flexibility index (Phi) is 3.57. The molecule has 0 aliphatic heterocycles. The monoisotopic (exact) mass is 189 g/mol. The zero-order chi connectivity index (χ0) is 10.4. The first-order chi connectivity index (χ1) is 6.77. The van der Waals surface area contributed by atoms with Gasteiger partial charge in [0.25, 0.3) is 0 Å². The van der Waals surface area contributed by atoms with Gasteiger partial charge in [-0.25, -0.2) is 0 Å². The maximum absolute atomic E-state index is 9.51. The summed E-state index contributed by atoms with van der Waals surface area (Å²) in [5, 5.41) is 17.8. The summed E-state index contributed by atoms with van der Waals surface area (Å²) in [6, 6.07) is 7.01. The highest BCUT2D eigenvalue weighted by atomic mass is 16.5. The molecule has 1 aromatic rings. The minimum absolute atomic E-state index is 0.151. The molecule has 0 saturated carbocycles. The molecule has 1 rings (SSSR count). The molecule has 0 aromatic heterocycles. The Morgan fingerprint density at radius 3 is 2.93 bits per heavy atom. The molecule has 72 valence electrons. The number of phenols is 1. The third-order valence-electron chi connectivity index (χ3n) is 1.74. The van der Waals surface area contributed by atoms with Gasteiger partial charge >= 0.3 is 0 Å². The maximum atomic E-state index is 9.51. The van der Waals surface area contributed by atoms with E-state index in [1.807, 2.05) is 6.07 Å². The minimum atomic E-state index is 0.151. The van der Waals surface area contributed by atoms with Gasteiger partial charge in [-0.2, -0.15) is 5.26 Å². The van der Waals surface area contributed by atoms with Gasteiger partial charge in [-0.15, -0.1) is 0 Å². The normalized spacial score (nSPS) is 10.0. The summed E-state index contributed by atoms with van der Waals surface area (Å²) in [5.41, 5.74) is 0.682. The molecule has 0 saturated heterocycles. The fourth-order valence-electron chi connectivity index (χ4n) is 1.03. The lowest BCUT2D eigenvalue weighted by atomic mass is 10.1. The third kappa shape index (κ3) is 2.53. The molecule has 0 aliphatic carbocycles. The number of hydrogen-bond acceptors (Lipinski definition) is 3. The Balaban J connectivity index is 2.85. The summed E-state index contributed by atoms with van der Waals surface area (Å²) in [5.74, 6) is 0.762. The zero-order valence-electron chi connectivity index (χ0n) is 7.90. The summed E-state index contributed by atoms with van der Waals surface area (Å²) in [6.45, 7) is 0. The Bertz CT molecular complexity index is 377. The van der Waals surface area contributed by atoms with Gasteiger partial charge in [0.05, 0.1) is 19.6 Å². The lowest BCUT2D eigenvalue weighted by Gasteiger charge is -2.02. The van der Waals surface area contributed by atoms with Crippen LogP contribution in [-0.4, -0.2) is 12.2 Å². The fourth-order valence-corrected chi connectivity index (χ4v) is 1.03. The smallest absolute Gasteiger partial charge is 0.126 e. The van der Waals surface area contributed by atoms with E-state index in [0.717, 1.165) is 0 Å². The van der Waals surface area contributed by atoms with E-state index in [4.69, 9.17) is 10.00 Å². The van der Waals surface area contributed by atoms with Gasteiger partial charge in [-0.3, -0.25) is 0 Å². The second-order valence-electron chi connectivity index (χ2n) is 2.69. The molecule has 0 spiro atoms. The van der Waals surface area contributed by atoms with E-state index in [0.29, 0.717) is 17.7 Å². The van der Waals surface area contributed by atoms with E-state index in [1.54, 1.807) is 31.4 Å². The average Bonchev–Trinajstić information content (AvgIpc) is 2.20. The lowest BCUT2D eigenvalue weighted by Crippen LogP contribution is -1.82. The molecule has 0 unspecified atom stereocenters. The first kappa shape index (κ1) is 10.1. The first-order valence-corrected chi connectivity index (χ1v) is 4.18. The highest BCUT2D eigenvalue weighted by Gasteiger charge is 1.98. The molecule has 0 atom stereocenters. The van der Waals surface area contributed by atoms with Crippen molar-refractivity contribution in [1.82, 2.24) is 0 Å². The summed E-state index contributed by atoms with van der Waals surface area (Å²) in [7, 11) is 1.54. The lowest BCUT2D eigenvalue weighted by molar-refractivity contribution is 0.407. The van der Waals surface area contributed by atoms with E-state index in [-0.39, 0.29) is 5.75 Å². The summed E-state index contributed by atoms with van der Waals surface area (Å²) >= 11 is 0. The van der Waals surface area contributed by atoms with Crippen LogP contribution in [0.15, 0.2) is 24.3 Å². The zero-order valence-corrected chi connectivity index (χ0v) is 7.90. The maximum Gasteiger partial charge on any atom is 0.126 e. The molecule has 3 nitrogen and oxygen atoms in total. The van der Waals surface area contributed by atoms with Crippen LogP contribution in [0, 0.1) is 11.3 Å². The number of allylic oxidation sites excluding steroid dienone is 1. The number of rotatable bonds is 3. The summed E-state index contributed by atoms with van der Waals surface area (Å²) in [6.07, 6.45) is 3.74. The molecule has 14 heavy (non-hydrogen) atoms. The SMILES string of the molecule is COc1ccc(C=CCC#N)c(O)c1. The van der Waals surface area contributed by atoms with Crippen molar-refractivity contribution in [3.05, 3.63) is 29.8 Å². The topological polar surface area (TPSA) is 53.2 Å². The number of nitriles is 1. The number of ether oxygens (including phenoxy) is 1. The Morgan fingerprint density at radius 1 is 1.57 bits per heavy atom. The standard InChI is InChI=1S/C11H11NO2/c1-14-10-6-5-9(11(13)8-10)4-2-3-7-12/h2,4-6,8,13H,3H2,1H3. The quantitative estimate of drug-likeness (QED) is 0.793. The number of methoxy groups -OCH3 is 1. The van der Waals surface area contributed by atoms with Gasteiger partial charge in [0.2, 0.25) is 0 Å². The molecule has 0 bridgehead atoms. The number of phenolic OH excluding ortho intramolecular Hbond substituents is 1. The van der Waals surface area contributed by atoms with Gasteiger partial charge in [0.15, 0.2) is 0 Å². The second-order valence-corrected chi connectivity index (χ2v) is 2.69. The molecular weight excluding hydrogens is 178 g/mol. The van der Waals surface area contributed by atoms with Gasteiger partial charge in [0, 0.05) is 11.6 Å². The molecule has 1 N–H and O–H groups in total. The van der Waals surface area contributed by atoms with E-state index >= 15 is 0 Å². The molecule has 0 radical (unpaired) electrons. The Labute approximate surface area is 82.9 Å². The van der Waals surface area contributed by atoms with Crippen LogP contribution < -0.4 is 4.74 Å². The van der Waals surface area contributed by atoms with Gasteiger partial charge < -0.3 is 9.84 Å². The average molecular weight is 189 g/mol. The van der Waals surface area contributed by atoms with Crippen molar-refractivity contribution in [2.24, 2.45) is 0 Å². The molecule has 0 heterocycles. The molecule has 0 aliphatic rings. The number of benzene rings is 1. The van der Waals surface area contributed by atoms with Crippen LogP contribution >= 0.6 is 0 Å². The molecule has 1 aromatic carbocycles. The van der Waals surface area contributed by atoms with Crippen LogP contribution in [0.5, 0.6) is 11.5 Å². The Morgan fingerprint density at radius 2 is 2.36 bits per heavy atom. The predicted molar refractivity (Wildman–Crippen MR) is 53.9 cm³/mol. The van der Waals surface area contributed by atoms with Gasteiger partial charge in [0.1, 0.15) is 11.5 Å². The predicted octanol–water partition coefficient (Wildman–Crippen LogP) is 2.33. The van der Waals surface area contributed by atoms with E-state index in [9.17, 15) is 5.11 Å². The third-order valence-corrected chi connectivity index (χ3v) is 1.74. The van der Waals surface area contributed by atoms with Crippen molar-refractivity contribution in [2.45, 2.75) is 6.42 Å². The highest BCUT2D eigenvalue weighted by Crippen LogP contribution is 2.24. The molecular formula is C11H11NO2. The van der Waals surface area contributed by atoms with E-state index in [1.165, 1.54) is 6.07 Å². The van der Waals surface area contributed by atoms with Crippen molar-refractivity contribution >= 4 is 6.08 Å². The number of hydrogen-bond donors (Lipinski definition) is 1. The van der Waals surface area contributed by atoms with Crippen molar-refractivity contribution in [3.8, 4) is 17.6 Å². The summed E-state index contributed by atoms with van der Waals surface area (Å²) < 4.78 is 4.94. The second kappa shape index (κ2) is 4.93. The van der Waals surface area contributed by atoms with Crippen molar-refractivity contribution in [3.63, 3.8) is 0 Å². The van der Waals surface area contributed by atoms with Crippen LogP contribution in [0.1, 0.15) is 12.0 Å². The molecule has 0 amide bonds. The van der Waals surface area contributed by atoms with Gasteiger partial charge in [-0.05, 0) is 12.1 Å². The van der Waals surface area contributed by atoms with Crippen LogP contribution in [-0.2, 0) is 0 Å². The molecule has 0 fully saturated rings. The van der Waals surface area contributed by atoms with Crippen LogP contribution in [0.3, 0.4) is 0 Å². The van der Waals surface area contributed by atoms with E-state index < -0.39 is 0 Å². The largest absolute Gasteiger partial charge is 0.507 e. The van der Waals surface area contributed by atoms with Crippen LogP contribution in [0.4, 0.5) is 0 Å². The van der Waals surface area contributed by atoms with Crippen molar-refractivity contribution < 1.29 is 9.84 Å². The first-order valence-electron chi connectivity index (χ1n) is 4.18. The number of aromatic hydroxyl groups is 1. The minimum Gasteiger partial charge on any atom is -0.507 e. The molecule has 3 heteroatoms. The van der Waals surface area contributed by atoms with Crippen molar-refractivity contribution in [1.29, 1.82) is 5.26 Å². The van der Waals surface area contributed by atoms with Gasteiger partial charge in [-0.1, -0.05) is 12.2 Å². The van der Waals surface area contributed by atoms with Crippen LogP contribution in [0.25, 0.3) is 6.08 Å².